The second-order valence-corrected chi connectivity index (χ2v) is 9.01. The molecule has 32 heavy (non-hydrogen) atoms. The number of carbonyl (C=O) groups is 2. The van der Waals surface area contributed by atoms with Crippen LogP contribution >= 0.6 is 0 Å². The van der Waals surface area contributed by atoms with Crippen molar-refractivity contribution in [3.05, 3.63) is 23.8 Å². The summed E-state index contributed by atoms with van der Waals surface area (Å²) in [6.07, 6.45) is 4.28. The summed E-state index contributed by atoms with van der Waals surface area (Å²) in [6.45, 7) is 6.91. The molecule has 8 heteroatoms. The number of benzene rings is 1. The van der Waals surface area contributed by atoms with Crippen LogP contribution in [0.5, 0.6) is 11.5 Å². The van der Waals surface area contributed by atoms with Gasteiger partial charge in [0.15, 0.2) is 0 Å². The first-order chi connectivity index (χ1) is 15.6. The van der Waals surface area contributed by atoms with E-state index < -0.39 is 0 Å². The van der Waals surface area contributed by atoms with Crippen molar-refractivity contribution < 1.29 is 19.1 Å². The molecule has 1 aromatic rings. The largest absolute Gasteiger partial charge is 0.497 e. The Morgan fingerprint density at radius 3 is 2.12 bits per heavy atom. The predicted molar refractivity (Wildman–Crippen MR) is 122 cm³/mol. The van der Waals surface area contributed by atoms with Crippen LogP contribution in [0, 0.1) is 0 Å². The van der Waals surface area contributed by atoms with Crippen molar-refractivity contribution in [2.75, 3.05) is 73.1 Å². The van der Waals surface area contributed by atoms with Crippen LogP contribution in [0.1, 0.15) is 24.8 Å². The molecule has 2 aliphatic heterocycles. The first kappa shape index (κ1) is 22.9. The van der Waals surface area contributed by atoms with Crippen LogP contribution in [0.2, 0.25) is 0 Å². The zero-order chi connectivity index (χ0) is 22.5. The Hall–Kier alpha value is -2.32. The van der Waals surface area contributed by atoms with Crippen LogP contribution in [-0.2, 0) is 16.0 Å². The number of piperazine rings is 2. The first-order valence-electron chi connectivity index (χ1n) is 11.8. The lowest BCUT2D eigenvalue weighted by Crippen LogP contribution is -2.56. The summed E-state index contributed by atoms with van der Waals surface area (Å²) in [7, 11) is 3.22. The van der Waals surface area contributed by atoms with Crippen LogP contribution < -0.4 is 9.47 Å². The second kappa shape index (κ2) is 10.5. The van der Waals surface area contributed by atoms with Gasteiger partial charge in [0.2, 0.25) is 11.8 Å². The Balaban J connectivity index is 1.21. The standard InChI is InChI=1S/C24H36N4O4/c1-31-21-6-7-22(32-2)19(16-21)17-23(29)27-10-8-25(9-11-27)18-24(30)28-14-12-26(13-15-28)20-4-3-5-20/h6-7,16,20H,3-5,8-15,17-18H2,1-2H3. The minimum atomic E-state index is 0.0784. The molecule has 0 spiro atoms. The third-order valence-corrected chi connectivity index (χ3v) is 7.17. The zero-order valence-electron chi connectivity index (χ0n) is 19.4. The molecule has 2 amide bonds. The van der Waals surface area contributed by atoms with Crippen LogP contribution in [0.4, 0.5) is 0 Å². The zero-order valence-corrected chi connectivity index (χ0v) is 19.4. The number of amides is 2. The molecule has 8 nitrogen and oxygen atoms in total. The number of carbonyl (C=O) groups excluding carboxylic acids is 2. The molecule has 0 unspecified atom stereocenters. The van der Waals surface area contributed by atoms with Gasteiger partial charge >= 0.3 is 0 Å². The molecule has 1 saturated carbocycles. The van der Waals surface area contributed by atoms with E-state index in [-0.39, 0.29) is 18.2 Å². The third kappa shape index (κ3) is 5.35. The van der Waals surface area contributed by atoms with Crippen molar-refractivity contribution in [2.24, 2.45) is 0 Å². The van der Waals surface area contributed by atoms with Gasteiger partial charge in [-0.3, -0.25) is 19.4 Å². The van der Waals surface area contributed by atoms with E-state index in [2.05, 4.69) is 9.80 Å². The molecule has 1 aromatic carbocycles. The summed E-state index contributed by atoms with van der Waals surface area (Å²) in [4.78, 5) is 34.3. The minimum Gasteiger partial charge on any atom is -0.497 e. The van der Waals surface area contributed by atoms with Gasteiger partial charge in [-0.05, 0) is 31.0 Å². The summed E-state index contributed by atoms with van der Waals surface area (Å²) in [5.74, 6) is 1.71. The Bertz CT molecular complexity index is 797. The maximum absolute atomic E-state index is 12.9. The van der Waals surface area contributed by atoms with E-state index in [1.54, 1.807) is 14.2 Å². The molecule has 0 bridgehead atoms. The maximum Gasteiger partial charge on any atom is 0.236 e. The maximum atomic E-state index is 12.9. The minimum absolute atomic E-state index is 0.0784. The Morgan fingerprint density at radius 1 is 0.875 bits per heavy atom. The molecule has 176 valence electrons. The Kier molecular flexibility index (Phi) is 7.52. The van der Waals surface area contributed by atoms with Crippen LogP contribution in [0.25, 0.3) is 0 Å². The van der Waals surface area contributed by atoms with Gasteiger partial charge in [-0.15, -0.1) is 0 Å². The fraction of sp³-hybridized carbons (Fsp3) is 0.667. The molecule has 0 atom stereocenters. The van der Waals surface area contributed by atoms with E-state index in [4.69, 9.17) is 9.47 Å². The van der Waals surface area contributed by atoms with Crippen LogP contribution in [0.15, 0.2) is 18.2 Å². The monoisotopic (exact) mass is 444 g/mol. The van der Waals surface area contributed by atoms with Crippen LogP contribution in [0.3, 0.4) is 0 Å². The van der Waals surface area contributed by atoms with Gasteiger partial charge in [-0.1, -0.05) is 6.42 Å². The van der Waals surface area contributed by atoms with Crippen molar-refractivity contribution in [3.8, 4) is 11.5 Å². The van der Waals surface area contributed by atoms with Crippen molar-refractivity contribution in [1.82, 2.24) is 19.6 Å². The van der Waals surface area contributed by atoms with Crippen molar-refractivity contribution in [2.45, 2.75) is 31.7 Å². The molecule has 4 rings (SSSR count). The molecular weight excluding hydrogens is 408 g/mol. The van der Waals surface area contributed by atoms with Gasteiger partial charge in [0, 0.05) is 64.0 Å². The van der Waals surface area contributed by atoms with E-state index in [1.165, 1.54) is 19.3 Å². The highest BCUT2D eigenvalue weighted by Gasteiger charge is 2.30. The van der Waals surface area contributed by atoms with E-state index >= 15 is 0 Å². The van der Waals surface area contributed by atoms with Gasteiger partial charge < -0.3 is 19.3 Å². The topological polar surface area (TPSA) is 65.6 Å². The lowest BCUT2D eigenvalue weighted by atomic mass is 9.91. The highest BCUT2D eigenvalue weighted by molar-refractivity contribution is 5.80. The van der Waals surface area contributed by atoms with Crippen molar-refractivity contribution in [3.63, 3.8) is 0 Å². The summed E-state index contributed by atoms with van der Waals surface area (Å²) < 4.78 is 10.7. The predicted octanol–water partition coefficient (Wildman–Crippen LogP) is 1.09. The second-order valence-electron chi connectivity index (χ2n) is 9.01. The van der Waals surface area contributed by atoms with Gasteiger partial charge in [0.1, 0.15) is 11.5 Å². The molecule has 0 N–H and O–H groups in total. The van der Waals surface area contributed by atoms with E-state index in [1.807, 2.05) is 28.0 Å². The molecule has 2 saturated heterocycles. The number of hydrogen-bond donors (Lipinski definition) is 0. The van der Waals surface area contributed by atoms with Gasteiger partial charge in [-0.25, -0.2) is 0 Å². The quantitative estimate of drug-likeness (QED) is 0.627. The fourth-order valence-electron chi connectivity index (χ4n) is 4.83. The molecule has 3 fully saturated rings. The summed E-state index contributed by atoms with van der Waals surface area (Å²) in [6, 6.07) is 6.28. The van der Waals surface area contributed by atoms with E-state index in [0.29, 0.717) is 31.1 Å². The number of rotatable bonds is 7. The van der Waals surface area contributed by atoms with Crippen LogP contribution in [-0.4, -0.2) is 111 Å². The molecule has 1 aliphatic carbocycles. The Labute approximate surface area is 191 Å². The molecule has 2 heterocycles. The normalized spacial score (nSPS) is 20.7. The average molecular weight is 445 g/mol. The van der Waals surface area contributed by atoms with Crippen molar-refractivity contribution in [1.29, 1.82) is 0 Å². The number of nitrogens with zero attached hydrogens (tertiary/aromatic N) is 4. The summed E-state index contributed by atoms with van der Waals surface area (Å²) in [5, 5.41) is 0. The van der Waals surface area contributed by atoms with Gasteiger partial charge in [0.25, 0.3) is 0 Å². The van der Waals surface area contributed by atoms with Gasteiger partial charge in [0.05, 0.1) is 27.2 Å². The summed E-state index contributed by atoms with van der Waals surface area (Å²) in [5.41, 5.74) is 0.829. The van der Waals surface area contributed by atoms with E-state index in [0.717, 1.165) is 50.9 Å². The smallest absolute Gasteiger partial charge is 0.236 e. The summed E-state index contributed by atoms with van der Waals surface area (Å²) >= 11 is 0. The average Bonchev–Trinajstić information content (AvgIpc) is 2.78. The third-order valence-electron chi connectivity index (χ3n) is 7.17. The first-order valence-corrected chi connectivity index (χ1v) is 11.8. The number of methoxy groups -OCH3 is 2. The molecular formula is C24H36N4O4. The number of ether oxygens (including phenoxy) is 2. The highest BCUT2D eigenvalue weighted by Crippen LogP contribution is 2.26. The lowest BCUT2D eigenvalue weighted by Gasteiger charge is -2.43. The van der Waals surface area contributed by atoms with Gasteiger partial charge in [-0.2, -0.15) is 0 Å². The highest BCUT2D eigenvalue weighted by atomic mass is 16.5. The van der Waals surface area contributed by atoms with Crippen molar-refractivity contribution >= 4 is 11.8 Å². The number of hydrogen-bond acceptors (Lipinski definition) is 6. The Morgan fingerprint density at radius 2 is 1.53 bits per heavy atom. The SMILES string of the molecule is COc1ccc(OC)c(CC(=O)N2CCN(CC(=O)N3CCN(C4CCC4)CC3)CC2)c1. The molecule has 0 aromatic heterocycles. The molecule has 3 aliphatic rings. The lowest BCUT2D eigenvalue weighted by molar-refractivity contribution is -0.136. The fourth-order valence-corrected chi connectivity index (χ4v) is 4.83. The molecule has 0 radical (unpaired) electrons. The van der Waals surface area contributed by atoms with E-state index in [9.17, 15) is 9.59 Å².